The van der Waals surface area contributed by atoms with Crippen molar-refractivity contribution in [2.45, 2.75) is 31.9 Å². The van der Waals surface area contributed by atoms with Gasteiger partial charge in [-0.2, -0.15) is 5.26 Å². The molecule has 0 saturated heterocycles. The minimum atomic E-state index is -3.59. The van der Waals surface area contributed by atoms with E-state index in [-0.39, 0.29) is 6.54 Å². The number of sulfonamides is 1. The fourth-order valence-electron chi connectivity index (χ4n) is 0.941. The van der Waals surface area contributed by atoms with Crippen LogP contribution in [0.1, 0.15) is 26.7 Å². The van der Waals surface area contributed by atoms with Crippen LogP contribution in [0.15, 0.2) is 0 Å². The molecule has 0 aromatic heterocycles. The quantitative estimate of drug-likeness (QED) is 0.631. The topological polar surface area (TPSA) is 107 Å². The minimum absolute atomic E-state index is 0.159. The summed E-state index contributed by atoms with van der Waals surface area (Å²) >= 11 is 0. The largest absolute Gasteiger partial charge is 0.481 e. The molecule has 0 aliphatic rings. The SMILES string of the molecule is CC(CCCNS(=O)(=O)C(C)C#N)C(=O)O. The van der Waals surface area contributed by atoms with E-state index in [2.05, 4.69) is 4.72 Å². The molecule has 0 heterocycles. The molecule has 0 amide bonds. The molecule has 0 fully saturated rings. The minimum Gasteiger partial charge on any atom is -0.481 e. The van der Waals surface area contributed by atoms with Crippen molar-refractivity contribution in [3.8, 4) is 6.07 Å². The van der Waals surface area contributed by atoms with Crippen molar-refractivity contribution in [2.24, 2.45) is 5.92 Å². The first-order chi connectivity index (χ1) is 7.31. The first kappa shape index (κ1) is 14.9. The fourth-order valence-corrected chi connectivity index (χ4v) is 1.76. The van der Waals surface area contributed by atoms with Crippen molar-refractivity contribution >= 4 is 16.0 Å². The molecule has 0 spiro atoms. The van der Waals surface area contributed by atoms with Crippen molar-refractivity contribution in [2.75, 3.05) is 6.54 Å². The molecule has 0 rings (SSSR count). The monoisotopic (exact) mass is 248 g/mol. The predicted octanol–water partition coefficient (Wildman–Crippen LogP) is 0.319. The molecular formula is C9H16N2O4S. The third-order valence-corrected chi connectivity index (χ3v) is 3.83. The van der Waals surface area contributed by atoms with Crippen LogP contribution in [0.2, 0.25) is 0 Å². The standard InChI is InChI=1S/C9H16N2O4S/c1-7(9(12)13)4-3-5-11-16(14,15)8(2)6-10/h7-8,11H,3-5H2,1-2H3,(H,12,13). The Bertz CT molecular complexity index is 371. The first-order valence-electron chi connectivity index (χ1n) is 4.92. The van der Waals surface area contributed by atoms with E-state index >= 15 is 0 Å². The molecule has 0 aromatic carbocycles. The molecular weight excluding hydrogens is 232 g/mol. The van der Waals surface area contributed by atoms with Crippen molar-refractivity contribution in [1.82, 2.24) is 4.72 Å². The molecule has 0 aliphatic carbocycles. The summed E-state index contributed by atoms with van der Waals surface area (Å²) in [6.07, 6.45) is 0.837. The zero-order valence-corrected chi connectivity index (χ0v) is 10.1. The van der Waals surface area contributed by atoms with Crippen molar-refractivity contribution in [3.63, 3.8) is 0 Å². The van der Waals surface area contributed by atoms with E-state index in [0.29, 0.717) is 12.8 Å². The molecule has 2 unspecified atom stereocenters. The van der Waals surface area contributed by atoms with E-state index in [0.717, 1.165) is 0 Å². The zero-order valence-electron chi connectivity index (χ0n) is 9.30. The second-order valence-electron chi connectivity index (χ2n) is 3.59. The van der Waals surface area contributed by atoms with Gasteiger partial charge in [-0.05, 0) is 19.8 Å². The number of rotatable bonds is 7. The lowest BCUT2D eigenvalue weighted by atomic mass is 10.1. The van der Waals surface area contributed by atoms with E-state index in [9.17, 15) is 13.2 Å². The van der Waals surface area contributed by atoms with Crippen LogP contribution in [0.5, 0.6) is 0 Å². The molecule has 0 aromatic rings. The number of carboxylic acids is 1. The Balaban J connectivity index is 3.93. The molecule has 2 atom stereocenters. The highest BCUT2D eigenvalue weighted by molar-refractivity contribution is 7.90. The summed E-state index contributed by atoms with van der Waals surface area (Å²) in [4.78, 5) is 10.5. The van der Waals surface area contributed by atoms with Gasteiger partial charge in [-0.15, -0.1) is 0 Å². The van der Waals surface area contributed by atoms with Gasteiger partial charge in [0.05, 0.1) is 12.0 Å². The molecule has 7 heteroatoms. The van der Waals surface area contributed by atoms with E-state index < -0.39 is 27.2 Å². The van der Waals surface area contributed by atoms with Crippen LogP contribution >= 0.6 is 0 Å². The number of aliphatic carboxylic acids is 1. The summed E-state index contributed by atoms with van der Waals surface area (Å²) in [6.45, 7) is 3.02. The van der Waals surface area contributed by atoms with E-state index in [1.54, 1.807) is 13.0 Å². The van der Waals surface area contributed by atoms with Crippen molar-refractivity contribution in [3.05, 3.63) is 0 Å². The zero-order chi connectivity index (χ0) is 12.8. The average molecular weight is 248 g/mol. The Kier molecular flexibility index (Phi) is 6.00. The highest BCUT2D eigenvalue weighted by Gasteiger charge is 2.19. The molecule has 2 N–H and O–H groups in total. The maximum absolute atomic E-state index is 11.3. The number of hydrogen-bond donors (Lipinski definition) is 2. The fraction of sp³-hybridized carbons (Fsp3) is 0.778. The summed E-state index contributed by atoms with van der Waals surface area (Å²) in [5.74, 6) is -1.38. The van der Waals surface area contributed by atoms with Gasteiger partial charge in [-0.25, -0.2) is 13.1 Å². The van der Waals surface area contributed by atoms with Crippen LogP contribution in [0.25, 0.3) is 0 Å². The number of nitriles is 1. The lowest BCUT2D eigenvalue weighted by molar-refractivity contribution is -0.141. The smallest absolute Gasteiger partial charge is 0.306 e. The van der Waals surface area contributed by atoms with Gasteiger partial charge in [-0.1, -0.05) is 6.92 Å². The van der Waals surface area contributed by atoms with Crippen LogP contribution in [-0.4, -0.2) is 31.3 Å². The molecule has 0 radical (unpaired) electrons. The Morgan fingerprint density at radius 3 is 2.50 bits per heavy atom. The Morgan fingerprint density at radius 1 is 1.50 bits per heavy atom. The van der Waals surface area contributed by atoms with Crippen LogP contribution in [0.4, 0.5) is 0 Å². The molecule has 0 bridgehead atoms. The third kappa shape index (κ3) is 5.09. The summed E-state index contributed by atoms with van der Waals surface area (Å²) < 4.78 is 24.8. The Labute approximate surface area is 95.3 Å². The lowest BCUT2D eigenvalue weighted by Gasteiger charge is -2.09. The summed E-state index contributed by atoms with van der Waals surface area (Å²) in [5, 5.41) is 15.9. The van der Waals surface area contributed by atoms with Gasteiger partial charge in [0.2, 0.25) is 10.0 Å². The van der Waals surface area contributed by atoms with Crippen molar-refractivity contribution < 1.29 is 18.3 Å². The maximum atomic E-state index is 11.3. The highest BCUT2D eigenvalue weighted by atomic mass is 32.2. The normalized spacial score (nSPS) is 15.1. The van der Waals surface area contributed by atoms with E-state index in [4.69, 9.17) is 10.4 Å². The summed E-state index contributed by atoms with van der Waals surface area (Å²) in [5.41, 5.74) is 0. The van der Waals surface area contributed by atoms with Crippen LogP contribution in [-0.2, 0) is 14.8 Å². The lowest BCUT2D eigenvalue weighted by Crippen LogP contribution is -2.32. The van der Waals surface area contributed by atoms with Gasteiger partial charge in [-0.3, -0.25) is 4.79 Å². The van der Waals surface area contributed by atoms with Gasteiger partial charge in [0.15, 0.2) is 5.25 Å². The summed E-state index contributed by atoms with van der Waals surface area (Å²) in [7, 11) is -3.59. The van der Waals surface area contributed by atoms with Gasteiger partial charge in [0, 0.05) is 6.54 Å². The van der Waals surface area contributed by atoms with E-state index in [1.807, 2.05) is 0 Å². The number of nitrogens with one attached hydrogen (secondary N) is 1. The Hall–Kier alpha value is -1.13. The van der Waals surface area contributed by atoms with Gasteiger partial charge < -0.3 is 5.11 Å². The molecule has 6 nitrogen and oxygen atoms in total. The Morgan fingerprint density at radius 2 is 2.06 bits per heavy atom. The van der Waals surface area contributed by atoms with E-state index in [1.165, 1.54) is 6.92 Å². The molecule has 92 valence electrons. The number of carbonyl (C=O) groups is 1. The molecule has 16 heavy (non-hydrogen) atoms. The second-order valence-corrected chi connectivity index (χ2v) is 5.68. The van der Waals surface area contributed by atoms with Crippen LogP contribution in [0, 0.1) is 17.2 Å². The second kappa shape index (κ2) is 6.45. The maximum Gasteiger partial charge on any atom is 0.306 e. The first-order valence-corrected chi connectivity index (χ1v) is 6.46. The third-order valence-electron chi connectivity index (χ3n) is 2.19. The van der Waals surface area contributed by atoms with Crippen molar-refractivity contribution in [1.29, 1.82) is 5.26 Å². The van der Waals surface area contributed by atoms with Crippen LogP contribution in [0.3, 0.4) is 0 Å². The number of carboxylic acid groups (broad SMARTS) is 1. The predicted molar refractivity (Wildman–Crippen MR) is 58.0 cm³/mol. The van der Waals surface area contributed by atoms with Gasteiger partial charge in [0.1, 0.15) is 0 Å². The molecule has 0 aliphatic heterocycles. The highest BCUT2D eigenvalue weighted by Crippen LogP contribution is 2.05. The van der Waals surface area contributed by atoms with Crippen LogP contribution < -0.4 is 4.72 Å². The number of nitrogens with zero attached hydrogens (tertiary/aromatic N) is 1. The number of hydrogen-bond acceptors (Lipinski definition) is 4. The summed E-state index contributed by atoms with van der Waals surface area (Å²) in [6, 6.07) is 1.63. The average Bonchev–Trinajstić information content (AvgIpc) is 2.22. The molecule has 0 saturated carbocycles. The van der Waals surface area contributed by atoms with Gasteiger partial charge in [0.25, 0.3) is 0 Å². The van der Waals surface area contributed by atoms with Gasteiger partial charge >= 0.3 is 5.97 Å².